The number of halogens is 7. The third-order valence-electron chi connectivity index (χ3n) is 6.63. The number of carboxylic acids is 2. The third-order valence-corrected chi connectivity index (χ3v) is 9.01. The van der Waals surface area contributed by atoms with Crippen molar-refractivity contribution in [3.8, 4) is 11.5 Å². The van der Waals surface area contributed by atoms with Crippen LogP contribution >= 0.6 is 30.8 Å². The molecular formula is C35H36Cl2F5N6O12PS2. The number of fused-ring (bicyclic) bond motifs is 1. The van der Waals surface area contributed by atoms with Gasteiger partial charge >= 0.3 is 24.1 Å². The maximum Gasteiger partial charge on any atom is 0.416 e. The van der Waals surface area contributed by atoms with E-state index in [4.69, 9.17) is 47.8 Å². The van der Waals surface area contributed by atoms with E-state index in [1.165, 1.54) is 18.3 Å². The maximum atomic E-state index is 13.5. The summed E-state index contributed by atoms with van der Waals surface area (Å²) < 4.78 is 112. The van der Waals surface area contributed by atoms with Crippen molar-refractivity contribution in [2.75, 3.05) is 36.3 Å². The number of sulfonamides is 1. The van der Waals surface area contributed by atoms with Crippen molar-refractivity contribution in [1.82, 2.24) is 24.9 Å². The molecule has 0 saturated heterocycles. The lowest BCUT2D eigenvalue weighted by Gasteiger charge is -2.14. The number of carbonyl (C=O) groups excluding carboxylic acids is 1. The predicted molar refractivity (Wildman–Crippen MR) is 219 cm³/mol. The lowest BCUT2D eigenvalue weighted by molar-refractivity contribution is -0.193. The Morgan fingerprint density at radius 3 is 2.11 bits per heavy atom. The first-order valence-electron chi connectivity index (χ1n) is 16.9. The van der Waals surface area contributed by atoms with Gasteiger partial charge in [0, 0.05) is 11.9 Å². The molecular weight excluding hydrogens is 957 g/mol. The Labute approximate surface area is 367 Å². The SMILES string of the molecule is C[C@H](OC(=O)c1cc(Oc2ccc(C(F)(F)F)cc2Cl)ccc1Cl)C(=O)O.C[S+](C)C.Cc1ccn2nc(S(=O)(=O)Nc3c(F)cccc3F)nc2n1.O=C(O)CNCP(=O)([O-])O. The van der Waals surface area contributed by atoms with Gasteiger partial charge in [0.2, 0.25) is 0 Å². The fourth-order valence-corrected chi connectivity index (χ4v) is 5.69. The van der Waals surface area contributed by atoms with Gasteiger partial charge in [-0.2, -0.15) is 26.6 Å². The molecule has 18 nitrogen and oxygen atoms in total. The monoisotopic (exact) mass is 992 g/mol. The van der Waals surface area contributed by atoms with E-state index in [0.29, 0.717) is 22.7 Å². The molecule has 2 aromatic heterocycles. The van der Waals surface area contributed by atoms with E-state index in [0.717, 1.165) is 47.8 Å². The van der Waals surface area contributed by atoms with Crippen LogP contribution < -0.4 is 19.7 Å². The van der Waals surface area contributed by atoms with Crippen LogP contribution in [-0.4, -0.2) is 98.7 Å². The Balaban J connectivity index is 0.000000338. The van der Waals surface area contributed by atoms with Crippen molar-refractivity contribution in [3.05, 3.63) is 105 Å². The highest BCUT2D eigenvalue weighted by molar-refractivity contribution is 7.94. The Bertz CT molecular complexity index is 2550. The van der Waals surface area contributed by atoms with Gasteiger partial charge in [0.1, 0.15) is 36.4 Å². The van der Waals surface area contributed by atoms with Gasteiger partial charge in [-0.15, -0.1) is 5.10 Å². The molecule has 0 aliphatic rings. The van der Waals surface area contributed by atoms with Crippen LogP contribution in [-0.2, 0) is 46.0 Å². The summed E-state index contributed by atoms with van der Waals surface area (Å²) in [5.74, 6) is -5.58. The van der Waals surface area contributed by atoms with E-state index in [1.807, 2.05) is 5.32 Å². The number of benzene rings is 3. The molecule has 0 aliphatic carbocycles. The Hall–Kier alpha value is -5.14. The summed E-state index contributed by atoms with van der Waals surface area (Å²) in [6.45, 7) is 2.39. The number of hydrogen-bond acceptors (Lipinski definition) is 13. The first-order chi connectivity index (χ1) is 29.0. The molecule has 5 aromatic rings. The van der Waals surface area contributed by atoms with Gasteiger partial charge in [-0.05, 0) is 79.3 Å². The van der Waals surface area contributed by atoms with E-state index < -0.39 is 88.7 Å². The van der Waals surface area contributed by atoms with Crippen molar-refractivity contribution in [2.45, 2.75) is 31.3 Å². The molecule has 0 fully saturated rings. The zero-order chi connectivity index (χ0) is 48.0. The molecule has 344 valence electrons. The number of anilines is 1. The second-order valence-electron chi connectivity index (χ2n) is 12.5. The quantitative estimate of drug-likeness (QED) is 0.0440. The molecule has 0 radical (unpaired) electrons. The van der Waals surface area contributed by atoms with Gasteiger partial charge in [-0.3, -0.25) is 14.8 Å². The normalized spacial score (nSPS) is 12.6. The Morgan fingerprint density at radius 2 is 1.59 bits per heavy atom. The molecule has 5 N–H and O–H groups in total. The topological polar surface area (TPSA) is 272 Å². The number of hydrogen-bond donors (Lipinski definition) is 5. The summed E-state index contributed by atoms with van der Waals surface area (Å²) in [4.78, 5) is 58.3. The number of ether oxygens (including phenoxy) is 2. The van der Waals surface area contributed by atoms with Gasteiger partial charge in [-0.1, -0.05) is 29.3 Å². The molecule has 0 bridgehead atoms. The van der Waals surface area contributed by atoms with Crippen LogP contribution in [0, 0.1) is 18.6 Å². The molecule has 0 amide bonds. The second kappa shape index (κ2) is 23.5. The fourth-order valence-electron chi connectivity index (χ4n) is 3.92. The minimum absolute atomic E-state index is 0.0246. The van der Waals surface area contributed by atoms with Gasteiger partial charge in [0.25, 0.3) is 21.0 Å². The first-order valence-corrected chi connectivity index (χ1v) is 23.3. The van der Waals surface area contributed by atoms with Gasteiger partial charge in [0.15, 0.2) is 6.10 Å². The van der Waals surface area contributed by atoms with Crippen molar-refractivity contribution in [3.63, 3.8) is 0 Å². The van der Waals surface area contributed by atoms with E-state index >= 15 is 0 Å². The molecule has 0 spiro atoms. The first kappa shape index (κ1) is 54.0. The molecule has 2 atom stereocenters. The molecule has 0 aliphatic heterocycles. The van der Waals surface area contributed by atoms with E-state index in [2.05, 4.69) is 33.8 Å². The van der Waals surface area contributed by atoms with Crippen molar-refractivity contribution >= 4 is 81.1 Å². The Morgan fingerprint density at radius 1 is 0.984 bits per heavy atom. The number of nitrogens with one attached hydrogen (secondary N) is 2. The highest BCUT2D eigenvalue weighted by Gasteiger charge is 2.31. The fraction of sp³-hybridized carbons (Fsp3) is 0.257. The van der Waals surface area contributed by atoms with Crippen LogP contribution in [0.2, 0.25) is 10.0 Å². The summed E-state index contributed by atoms with van der Waals surface area (Å²) in [5, 5.41) is 21.5. The smallest absolute Gasteiger partial charge is 0.416 e. The molecule has 5 rings (SSSR count). The van der Waals surface area contributed by atoms with Crippen molar-refractivity contribution < 1.29 is 78.8 Å². The molecule has 1 unspecified atom stereocenters. The van der Waals surface area contributed by atoms with E-state index in [9.17, 15) is 54.2 Å². The summed E-state index contributed by atoms with van der Waals surface area (Å²) in [6, 6.07) is 10.9. The largest absolute Gasteiger partial charge is 0.778 e. The van der Waals surface area contributed by atoms with Crippen LogP contribution in [0.5, 0.6) is 11.5 Å². The number of aryl methyl sites for hydroxylation is 1. The van der Waals surface area contributed by atoms with Gasteiger partial charge < -0.3 is 34.0 Å². The molecule has 0 saturated carbocycles. The summed E-state index contributed by atoms with van der Waals surface area (Å²) >= 11 is 11.7. The number of nitrogens with zero attached hydrogens (tertiary/aromatic N) is 4. The number of carbonyl (C=O) groups is 3. The Kier molecular flexibility index (Phi) is 20.2. The standard InChI is InChI=1S/C17H11Cl2F3O5.C12H9F2N5O2S.C3H8NO5P.C3H9S/c1-8(15(23)24)26-16(25)11-7-10(3-4-12(11)18)27-14-5-2-9(6-13(14)19)17(20,21)22;1-7-5-6-19-11(15-7)16-12(17-19)22(20,21)18-10-8(13)3-2-4-9(10)14;5-3(6)1-4-2-10(7,8)9;1-4(2)3/h2-8H,1H3,(H,23,24);2-6,18H,1H3;4H,1-2H2,(H,5,6)(H2,7,8,9);1-3H3/q;;;+1/p-1/t8-;;;/m0.../s1. The number of para-hydroxylation sites is 1. The molecule has 28 heteroatoms. The van der Waals surface area contributed by atoms with Crippen LogP contribution in [0.4, 0.5) is 27.6 Å². The van der Waals surface area contributed by atoms with E-state index in [1.54, 1.807) is 17.7 Å². The second-order valence-corrected chi connectivity index (χ2v) is 19.0. The number of esters is 1. The highest BCUT2D eigenvalue weighted by Crippen LogP contribution is 2.37. The molecule has 3 aromatic carbocycles. The van der Waals surface area contributed by atoms with Gasteiger partial charge in [0.05, 0.1) is 52.8 Å². The minimum atomic E-state index is -4.56. The number of aliphatic carboxylic acids is 2. The zero-order valence-corrected chi connectivity index (χ0v) is 37.1. The lowest BCUT2D eigenvalue weighted by Crippen LogP contribution is -2.25. The summed E-state index contributed by atoms with van der Waals surface area (Å²) in [7, 11) is -8.05. The molecule has 63 heavy (non-hydrogen) atoms. The average Bonchev–Trinajstić information content (AvgIpc) is 3.58. The number of rotatable bonds is 12. The lowest BCUT2D eigenvalue weighted by atomic mass is 10.2. The average molecular weight is 994 g/mol. The zero-order valence-electron chi connectivity index (χ0n) is 33.1. The predicted octanol–water partition coefficient (Wildman–Crippen LogP) is 5.60. The summed E-state index contributed by atoms with van der Waals surface area (Å²) in [6.07, 6.45) is 1.40. The van der Waals surface area contributed by atoms with Crippen LogP contribution in [0.1, 0.15) is 28.5 Å². The maximum absolute atomic E-state index is 13.5. The minimum Gasteiger partial charge on any atom is -0.778 e. The van der Waals surface area contributed by atoms with Crippen LogP contribution in [0.15, 0.2) is 72.0 Å². The number of aromatic nitrogens is 4. The summed E-state index contributed by atoms with van der Waals surface area (Å²) in [5.41, 5.74) is -1.28. The van der Waals surface area contributed by atoms with Crippen molar-refractivity contribution in [2.24, 2.45) is 0 Å². The van der Waals surface area contributed by atoms with Crippen molar-refractivity contribution in [1.29, 1.82) is 0 Å². The highest BCUT2D eigenvalue weighted by atomic mass is 35.5. The third kappa shape index (κ3) is 18.6. The number of alkyl halides is 3. The van der Waals surface area contributed by atoms with E-state index in [-0.39, 0.29) is 32.9 Å². The van der Waals surface area contributed by atoms with Crippen LogP contribution in [0.25, 0.3) is 5.78 Å². The van der Waals surface area contributed by atoms with Crippen LogP contribution in [0.3, 0.4) is 0 Å². The van der Waals surface area contributed by atoms with Gasteiger partial charge in [-0.25, -0.2) is 27.9 Å². The molecule has 2 heterocycles. The number of carboxylic acid groups (broad SMARTS) is 2.